The van der Waals surface area contributed by atoms with E-state index in [1.54, 1.807) is 11.3 Å². The van der Waals surface area contributed by atoms with Gasteiger partial charge in [-0.2, -0.15) is 0 Å². The van der Waals surface area contributed by atoms with Crippen LogP contribution in [-0.2, 0) is 0 Å². The Balaban J connectivity index is 2.30. The Labute approximate surface area is 112 Å². The van der Waals surface area contributed by atoms with Gasteiger partial charge in [-0.1, -0.05) is 13.0 Å². The summed E-state index contributed by atoms with van der Waals surface area (Å²) in [4.78, 5) is 8.88. The van der Waals surface area contributed by atoms with Crippen LogP contribution in [-0.4, -0.2) is 16.5 Å². The number of thiazole rings is 1. The number of aryl methyl sites for hydroxylation is 2. The van der Waals surface area contributed by atoms with Crippen molar-refractivity contribution in [3.05, 3.63) is 45.7 Å². The number of hydrogen-bond acceptors (Lipinski definition) is 4. The topological polar surface area (TPSA) is 37.8 Å². The maximum atomic E-state index is 4.60. The third-order valence-electron chi connectivity index (χ3n) is 2.76. The van der Waals surface area contributed by atoms with Crippen molar-refractivity contribution in [2.45, 2.75) is 33.2 Å². The molecular weight excluding hydrogens is 242 g/mol. The summed E-state index contributed by atoms with van der Waals surface area (Å²) >= 11 is 1.69. The summed E-state index contributed by atoms with van der Waals surface area (Å²) in [6.45, 7) is 7.26. The van der Waals surface area contributed by atoms with Crippen LogP contribution >= 0.6 is 11.3 Å². The van der Waals surface area contributed by atoms with E-state index >= 15 is 0 Å². The summed E-state index contributed by atoms with van der Waals surface area (Å²) in [5.41, 5.74) is 3.47. The molecule has 1 N–H and O–H groups in total. The van der Waals surface area contributed by atoms with E-state index in [1.807, 2.05) is 19.3 Å². The first kappa shape index (κ1) is 13.2. The third-order valence-corrected chi connectivity index (χ3v) is 3.55. The number of aromatic nitrogens is 2. The molecule has 2 rings (SSSR count). The third kappa shape index (κ3) is 3.15. The van der Waals surface area contributed by atoms with E-state index in [-0.39, 0.29) is 6.04 Å². The predicted octanol–water partition coefficient (Wildman–Crippen LogP) is 3.24. The molecule has 0 aromatic carbocycles. The summed E-state index contributed by atoms with van der Waals surface area (Å²) in [6.07, 6.45) is 4.92. The van der Waals surface area contributed by atoms with Gasteiger partial charge in [-0.05, 0) is 37.9 Å². The molecule has 1 atom stereocenters. The van der Waals surface area contributed by atoms with Crippen LogP contribution < -0.4 is 5.32 Å². The molecule has 0 aliphatic carbocycles. The summed E-state index contributed by atoms with van der Waals surface area (Å²) in [6, 6.07) is 2.33. The number of nitrogens with zero attached hydrogens (tertiary/aromatic N) is 2. The van der Waals surface area contributed by atoms with E-state index < -0.39 is 0 Å². The number of hydrogen-bond donors (Lipinski definition) is 1. The molecule has 0 radical (unpaired) electrons. The highest BCUT2D eigenvalue weighted by Crippen LogP contribution is 2.23. The zero-order chi connectivity index (χ0) is 13.0. The van der Waals surface area contributed by atoms with Crippen molar-refractivity contribution in [2.24, 2.45) is 0 Å². The van der Waals surface area contributed by atoms with Gasteiger partial charge in [-0.3, -0.25) is 4.98 Å². The fourth-order valence-corrected chi connectivity index (χ4v) is 2.57. The lowest BCUT2D eigenvalue weighted by molar-refractivity contribution is 0.586. The smallest absolute Gasteiger partial charge is 0.0898 e. The normalized spacial score (nSPS) is 12.6. The van der Waals surface area contributed by atoms with Gasteiger partial charge < -0.3 is 5.32 Å². The van der Waals surface area contributed by atoms with Crippen molar-refractivity contribution in [3.8, 4) is 0 Å². The van der Waals surface area contributed by atoms with Crippen LogP contribution in [0.5, 0.6) is 0 Å². The predicted molar refractivity (Wildman–Crippen MR) is 76.0 cm³/mol. The van der Waals surface area contributed by atoms with E-state index in [1.165, 1.54) is 11.1 Å². The van der Waals surface area contributed by atoms with E-state index in [2.05, 4.69) is 40.6 Å². The van der Waals surface area contributed by atoms with Crippen LogP contribution in [0.15, 0.2) is 23.8 Å². The fraction of sp³-hybridized carbons (Fsp3) is 0.429. The molecule has 0 aliphatic rings. The molecule has 18 heavy (non-hydrogen) atoms. The van der Waals surface area contributed by atoms with Gasteiger partial charge in [-0.15, -0.1) is 11.3 Å². The standard InChI is InChI=1S/C14H19N3S/c1-4-5-16-14(13-9-18-11(3)17-13)12-6-10(2)7-15-8-12/h6-9,14,16H,4-5H2,1-3H3. The molecule has 1 unspecified atom stereocenters. The van der Waals surface area contributed by atoms with Crippen LogP contribution in [0.1, 0.15) is 41.2 Å². The van der Waals surface area contributed by atoms with Crippen LogP contribution in [0.2, 0.25) is 0 Å². The highest BCUT2D eigenvalue weighted by Gasteiger charge is 2.16. The number of rotatable bonds is 5. The molecule has 4 heteroatoms. The second kappa shape index (κ2) is 6.07. The largest absolute Gasteiger partial charge is 0.305 e. The van der Waals surface area contributed by atoms with E-state index in [0.29, 0.717) is 0 Å². The maximum absolute atomic E-state index is 4.60. The van der Waals surface area contributed by atoms with Crippen LogP contribution in [0, 0.1) is 13.8 Å². The van der Waals surface area contributed by atoms with Gasteiger partial charge in [0.1, 0.15) is 0 Å². The minimum atomic E-state index is 0.155. The summed E-state index contributed by atoms with van der Waals surface area (Å²) in [7, 11) is 0. The quantitative estimate of drug-likeness (QED) is 0.898. The molecule has 3 nitrogen and oxygen atoms in total. The molecule has 2 heterocycles. The molecule has 96 valence electrons. The highest BCUT2D eigenvalue weighted by atomic mass is 32.1. The van der Waals surface area contributed by atoms with Crippen molar-refractivity contribution in [1.29, 1.82) is 0 Å². The van der Waals surface area contributed by atoms with Crippen molar-refractivity contribution in [2.75, 3.05) is 6.54 Å². The lowest BCUT2D eigenvalue weighted by Crippen LogP contribution is -2.23. The lowest BCUT2D eigenvalue weighted by Gasteiger charge is -2.17. The molecular formula is C14H19N3S. The number of pyridine rings is 1. The zero-order valence-electron chi connectivity index (χ0n) is 11.1. The number of nitrogens with one attached hydrogen (secondary N) is 1. The van der Waals surface area contributed by atoms with E-state index in [4.69, 9.17) is 0 Å². The minimum absolute atomic E-state index is 0.155. The van der Waals surface area contributed by atoms with Gasteiger partial charge >= 0.3 is 0 Å². The SMILES string of the molecule is CCCNC(c1cncc(C)c1)c1csc(C)n1. The van der Waals surface area contributed by atoms with Gasteiger partial charge in [0, 0.05) is 17.8 Å². The van der Waals surface area contributed by atoms with E-state index in [9.17, 15) is 0 Å². The first-order chi connectivity index (χ1) is 8.70. The van der Waals surface area contributed by atoms with Gasteiger partial charge in [-0.25, -0.2) is 4.98 Å². The molecule has 2 aromatic heterocycles. The van der Waals surface area contributed by atoms with E-state index in [0.717, 1.165) is 23.7 Å². The molecule has 0 amide bonds. The molecule has 0 fully saturated rings. The Morgan fingerprint density at radius 1 is 1.33 bits per heavy atom. The van der Waals surface area contributed by atoms with Gasteiger partial charge in [0.2, 0.25) is 0 Å². The average molecular weight is 261 g/mol. The van der Waals surface area contributed by atoms with Gasteiger partial charge in [0.25, 0.3) is 0 Å². The van der Waals surface area contributed by atoms with Crippen LogP contribution in [0.25, 0.3) is 0 Å². The Kier molecular flexibility index (Phi) is 4.44. The zero-order valence-corrected chi connectivity index (χ0v) is 11.9. The highest BCUT2D eigenvalue weighted by molar-refractivity contribution is 7.09. The van der Waals surface area contributed by atoms with Crippen molar-refractivity contribution >= 4 is 11.3 Å². The van der Waals surface area contributed by atoms with Crippen molar-refractivity contribution < 1.29 is 0 Å². The average Bonchev–Trinajstić information content (AvgIpc) is 2.76. The second-order valence-corrected chi connectivity index (χ2v) is 5.54. The molecule has 0 aliphatic heterocycles. The first-order valence-corrected chi connectivity index (χ1v) is 7.15. The fourth-order valence-electron chi connectivity index (χ4n) is 1.93. The van der Waals surface area contributed by atoms with Gasteiger partial charge in [0.15, 0.2) is 0 Å². The Morgan fingerprint density at radius 2 is 2.17 bits per heavy atom. The summed E-state index contributed by atoms with van der Waals surface area (Å²) in [5.74, 6) is 0. The monoisotopic (exact) mass is 261 g/mol. The molecule has 0 bridgehead atoms. The van der Waals surface area contributed by atoms with Crippen LogP contribution in [0.4, 0.5) is 0 Å². The van der Waals surface area contributed by atoms with Crippen molar-refractivity contribution in [1.82, 2.24) is 15.3 Å². The summed E-state index contributed by atoms with van der Waals surface area (Å²) < 4.78 is 0. The minimum Gasteiger partial charge on any atom is -0.305 e. The molecule has 0 saturated carbocycles. The first-order valence-electron chi connectivity index (χ1n) is 6.27. The van der Waals surface area contributed by atoms with Crippen LogP contribution in [0.3, 0.4) is 0 Å². The second-order valence-electron chi connectivity index (χ2n) is 4.47. The maximum Gasteiger partial charge on any atom is 0.0898 e. The molecule has 2 aromatic rings. The van der Waals surface area contributed by atoms with Crippen molar-refractivity contribution in [3.63, 3.8) is 0 Å². The Morgan fingerprint density at radius 3 is 2.78 bits per heavy atom. The lowest BCUT2D eigenvalue weighted by atomic mass is 10.1. The molecule has 0 spiro atoms. The molecule has 0 saturated heterocycles. The summed E-state index contributed by atoms with van der Waals surface area (Å²) in [5, 5.41) is 6.78. The Hall–Kier alpha value is -1.26. The van der Waals surface area contributed by atoms with Gasteiger partial charge in [0.05, 0.1) is 16.7 Å². The Bertz CT molecular complexity index is 507.